The predicted octanol–water partition coefficient (Wildman–Crippen LogP) is 1.68. The van der Waals surface area contributed by atoms with Crippen molar-refractivity contribution in [2.45, 2.75) is 27.2 Å². The molecule has 0 spiro atoms. The van der Waals surface area contributed by atoms with Crippen LogP contribution in [0.4, 0.5) is 0 Å². The largest absolute Gasteiger partial charge is 0.272 e. The fourth-order valence-electron chi connectivity index (χ4n) is 1.17. The molecule has 0 unspecified atom stereocenters. The lowest BCUT2D eigenvalue weighted by Gasteiger charge is -2.08. The molecule has 0 aromatic rings. The van der Waals surface area contributed by atoms with Gasteiger partial charge in [0.15, 0.2) is 0 Å². The maximum Gasteiger partial charge on any atom is 0.250 e. The van der Waals surface area contributed by atoms with Gasteiger partial charge in [-0.1, -0.05) is 6.92 Å². The number of rotatable bonds is 3. The molecule has 2 atom stereocenters. The Hall–Kier alpha value is -0.820. The zero-order chi connectivity index (χ0) is 11.2. The van der Waals surface area contributed by atoms with E-state index < -0.39 is 9.73 Å². The number of hydrogen-bond acceptors (Lipinski definition) is 2. The van der Waals surface area contributed by atoms with Gasteiger partial charge in [0.05, 0.1) is 9.73 Å². The van der Waals surface area contributed by atoms with Crippen LogP contribution >= 0.6 is 0 Å². The summed E-state index contributed by atoms with van der Waals surface area (Å²) in [7, 11) is -2.35. The van der Waals surface area contributed by atoms with Crippen LogP contribution in [-0.4, -0.2) is 22.1 Å². The molecule has 0 aromatic heterocycles. The molecule has 0 aromatic carbocycles. The fourth-order valence-corrected chi connectivity index (χ4v) is 2.96. The topological polar surface area (TPSA) is 46.5 Å². The summed E-state index contributed by atoms with van der Waals surface area (Å²) in [5.41, 5.74) is 0. The van der Waals surface area contributed by atoms with Crippen LogP contribution in [0, 0.1) is 17.8 Å². The van der Waals surface area contributed by atoms with Crippen molar-refractivity contribution in [3.05, 3.63) is 0 Å². The Balaban J connectivity index is 4.41. The summed E-state index contributed by atoms with van der Waals surface area (Å²) in [5, 5.41) is 0. The standard InChI is InChI=1S/C10H17NO2S/c1-5-6-7-9(2)8-14(4,13)11-10(3)12/h9H,7-8H2,1-4H3/t9-,14+/m0/s1. The summed E-state index contributed by atoms with van der Waals surface area (Å²) >= 11 is 0. The van der Waals surface area contributed by atoms with Crippen LogP contribution in [-0.2, 0) is 14.5 Å². The van der Waals surface area contributed by atoms with Crippen molar-refractivity contribution in [3.8, 4) is 11.8 Å². The highest BCUT2D eigenvalue weighted by Gasteiger charge is 2.09. The maximum absolute atomic E-state index is 11.7. The third kappa shape index (κ3) is 6.67. The average Bonchev–Trinajstić information content (AvgIpc) is 1.96. The van der Waals surface area contributed by atoms with Crippen molar-refractivity contribution in [1.29, 1.82) is 0 Å². The lowest BCUT2D eigenvalue weighted by Crippen LogP contribution is -2.12. The summed E-state index contributed by atoms with van der Waals surface area (Å²) < 4.78 is 15.3. The molecule has 0 N–H and O–H groups in total. The van der Waals surface area contributed by atoms with E-state index >= 15 is 0 Å². The van der Waals surface area contributed by atoms with Crippen molar-refractivity contribution in [2.24, 2.45) is 10.3 Å². The minimum absolute atomic E-state index is 0.211. The second-order valence-corrected chi connectivity index (χ2v) is 5.91. The normalized spacial score (nSPS) is 16.0. The van der Waals surface area contributed by atoms with Gasteiger partial charge in [0.25, 0.3) is 5.91 Å². The van der Waals surface area contributed by atoms with E-state index in [1.54, 1.807) is 6.92 Å². The molecule has 0 fully saturated rings. The molecule has 0 saturated carbocycles. The molecule has 1 amide bonds. The highest BCUT2D eigenvalue weighted by atomic mass is 32.2. The highest BCUT2D eigenvalue weighted by molar-refractivity contribution is 7.93. The van der Waals surface area contributed by atoms with Crippen LogP contribution in [0.15, 0.2) is 4.36 Å². The van der Waals surface area contributed by atoms with E-state index in [4.69, 9.17) is 0 Å². The number of nitrogens with zero attached hydrogens (tertiary/aromatic N) is 1. The monoisotopic (exact) mass is 215 g/mol. The molecule has 0 aliphatic rings. The second kappa shape index (κ2) is 5.82. The van der Waals surface area contributed by atoms with Gasteiger partial charge >= 0.3 is 0 Å². The molecule has 0 heterocycles. The SMILES string of the molecule is CC#CC[C@H](C)C[S@@](C)(=O)=NC(C)=O. The number of carbonyl (C=O) groups is 1. The van der Waals surface area contributed by atoms with E-state index in [9.17, 15) is 9.00 Å². The van der Waals surface area contributed by atoms with Gasteiger partial charge in [0.1, 0.15) is 0 Å². The molecule has 3 nitrogen and oxygen atoms in total. The first-order valence-electron chi connectivity index (χ1n) is 4.47. The van der Waals surface area contributed by atoms with Crippen molar-refractivity contribution in [1.82, 2.24) is 0 Å². The van der Waals surface area contributed by atoms with Crippen LogP contribution in [0.2, 0.25) is 0 Å². The van der Waals surface area contributed by atoms with Crippen LogP contribution in [0.3, 0.4) is 0 Å². The molecule has 0 aliphatic carbocycles. The Morgan fingerprint density at radius 1 is 1.57 bits per heavy atom. The Morgan fingerprint density at radius 3 is 2.57 bits per heavy atom. The van der Waals surface area contributed by atoms with E-state index in [1.165, 1.54) is 13.2 Å². The van der Waals surface area contributed by atoms with Gasteiger partial charge in [-0.2, -0.15) is 4.36 Å². The Morgan fingerprint density at radius 2 is 2.14 bits per heavy atom. The molecular weight excluding hydrogens is 198 g/mol. The Labute approximate surface area is 86.5 Å². The minimum Gasteiger partial charge on any atom is -0.272 e. The zero-order valence-corrected chi connectivity index (χ0v) is 9.98. The Bertz CT molecular complexity index is 367. The fraction of sp³-hybridized carbons (Fsp3) is 0.700. The van der Waals surface area contributed by atoms with E-state index in [1.807, 2.05) is 6.92 Å². The summed E-state index contributed by atoms with van der Waals surface area (Å²) in [4.78, 5) is 10.7. The number of amides is 1. The summed E-state index contributed by atoms with van der Waals surface area (Å²) in [6.07, 6.45) is 2.22. The van der Waals surface area contributed by atoms with Gasteiger partial charge < -0.3 is 0 Å². The summed E-state index contributed by atoms with van der Waals surface area (Å²) in [6.45, 7) is 5.05. The average molecular weight is 215 g/mol. The summed E-state index contributed by atoms with van der Waals surface area (Å²) in [6, 6.07) is 0. The van der Waals surface area contributed by atoms with E-state index in [0.29, 0.717) is 12.2 Å². The molecule has 0 radical (unpaired) electrons. The number of carbonyl (C=O) groups excluding carboxylic acids is 1. The first-order valence-corrected chi connectivity index (χ1v) is 6.56. The highest BCUT2D eigenvalue weighted by Crippen LogP contribution is 2.06. The zero-order valence-electron chi connectivity index (χ0n) is 9.16. The van der Waals surface area contributed by atoms with Crippen LogP contribution < -0.4 is 0 Å². The predicted molar refractivity (Wildman–Crippen MR) is 59.3 cm³/mol. The third-order valence-corrected chi connectivity index (χ3v) is 3.37. The Kier molecular flexibility index (Phi) is 5.47. The smallest absolute Gasteiger partial charge is 0.250 e. The second-order valence-electron chi connectivity index (χ2n) is 3.47. The molecule has 4 heteroatoms. The lowest BCUT2D eigenvalue weighted by molar-refractivity contribution is -0.115. The molecule has 0 aliphatic heterocycles. The molecular formula is C10H17NO2S. The lowest BCUT2D eigenvalue weighted by atomic mass is 10.1. The molecule has 80 valence electrons. The third-order valence-electron chi connectivity index (χ3n) is 1.54. The first kappa shape index (κ1) is 13.2. The summed E-state index contributed by atoms with van der Waals surface area (Å²) in [5.74, 6) is 5.98. The molecule has 14 heavy (non-hydrogen) atoms. The van der Waals surface area contributed by atoms with Gasteiger partial charge in [0.2, 0.25) is 0 Å². The van der Waals surface area contributed by atoms with Crippen molar-refractivity contribution < 1.29 is 9.00 Å². The maximum atomic E-state index is 11.7. The van der Waals surface area contributed by atoms with Crippen molar-refractivity contribution >= 4 is 15.6 Å². The van der Waals surface area contributed by atoms with Crippen LogP contribution in [0.25, 0.3) is 0 Å². The van der Waals surface area contributed by atoms with Gasteiger partial charge in [-0.25, -0.2) is 4.21 Å². The number of hydrogen-bond donors (Lipinski definition) is 0. The quantitative estimate of drug-likeness (QED) is 0.672. The van der Waals surface area contributed by atoms with Crippen molar-refractivity contribution in [2.75, 3.05) is 12.0 Å². The van der Waals surface area contributed by atoms with Crippen LogP contribution in [0.5, 0.6) is 0 Å². The molecule has 0 saturated heterocycles. The molecule has 0 rings (SSSR count). The van der Waals surface area contributed by atoms with Crippen molar-refractivity contribution in [3.63, 3.8) is 0 Å². The minimum atomic E-state index is -2.35. The first-order chi connectivity index (χ1) is 6.37. The van der Waals surface area contributed by atoms with Gasteiger partial charge in [-0.05, 0) is 12.8 Å². The molecule has 0 bridgehead atoms. The van der Waals surface area contributed by atoms with E-state index in [2.05, 4.69) is 16.2 Å². The van der Waals surface area contributed by atoms with Gasteiger partial charge in [-0.15, -0.1) is 11.8 Å². The van der Waals surface area contributed by atoms with Gasteiger partial charge in [-0.3, -0.25) is 4.79 Å². The van der Waals surface area contributed by atoms with E-state index in [0.717, 1.165) is 0 Å². The van der Waals surface area contributed by atoms with Gasteiger partial charge in [0, 0.05) is 25.4 Å². The van der Waals surface area contributed by atoms with Crippen LogP contribution in [0.1, 0.15) is 27.2 Å². The van der Waals surface area contributed by atoms with E-state index in [-0.39, 0.29) is 11.8 Å².